The molecular formula is C27H29N3O4. The van der Waals surface area contributed by atoms with Crippen molar-refractivity contribution in [2.75, 3.05) is 20.3 Å². The van der Waals surface area contributed by atoms with Crippen LogP contribution in [0.2, 0.25) is 0 Å². The minimum Gasteiger partial charge on any atom is -0.394 e. The van der Waals surface area contributed by atoms with Gasteiger partial charge >= 0.3 is 0 Å². The van der Waals surface area contributed by atoms with Crippen LogP contribution in [0.15, 0.2) is 73.1 Å². The van der Waals surface area contributed by atoms with E-state index in [1.807, 2.05) is 24.3 Å². The Balaban J connectivity index is 1.41. The van der Waals surface area contributed by atoms with E-state index in [1.54, 1.807) is 55.9 Å². The summed E-state index contributed by atoms with van der Waals surface area (Å²) >= 11 is 0. The molecule has 1 aliphatic rings. The van der Waals surface area contributed by atoms with E-state index in [4.69, 9.17) is 4.74 Å². The van der Waals surface area contributed by atoms with Crippen molar-refractivity contribution in [3.63, 3.8) is 0 Å². The highest BCUT2D eigenvalue weighted by Crippen LogP contribution is 2.34. The van der Waals surface area contributed by atoms with Crippen LogP contribution < -0.4 is 10.6 Å². The first-order valence-corrected chi connectivity index (χ1v) is 11.4. The molecule has 0 bridgehead atoms. The van der Waals surface area contributed by atoms with E-state index >= 15 is 0 Å². The molecule has 1 heterocycles. The molecule has 2 aromatic carbocycles. The second-order valence-electron chi connectivity index (χ2n) is 8.57. The number of carbonyl (C=O) groups is 2. The molecule has 1 fully saturated rings. The summed E-state index contributed by atoms with van der Waals surface area (Å²) in [5.41, 5.74) is 3.34. The molecule has 3 N–H and O–H groups in total. The zero-order valence-corrected chi connectivity index (χ0v) is 19.2. The van der Waals surface area contributed by atoms with E-state index in [2.05, 4.69) is 15.6 Å². The molecular weight excluding hydrogens is 430 g/mol. The van der Waals surface area contributed by atoms with Crippen LogP contribution >= 0.6 is 0 Å². The average molecular weight is 460 g/mol. The van der Waals surface area contributed by atoms with E-state index in [9.17, 15) is 14.7 Å². The first-order valence-electron chi connectivity index (χ1n) is 11.4. The number of hydrogen-bond acceptors (Lipinski definition) is 5. The number of aliphatic hydroxyl groups excluding tert-OH is 1. The van der Waals surface area contributed by atoms with Crippen LogP contribution in [0.25, 0.3) is 11.1 Å². The van der Waals surface area contributed by atoms with Crippen molar-refractivity contribution < 1.29 is 19.4 Å². The lowest BCUT2D eigenvalue weighted by molar-refractivity contribution is -0.0679. The number of benzene rings is 2. The Morgan fingerprint density at radius 3 is 2.32 bits per heavy atom. The van der Waals surface area contributed by atoms with Gasteiger partial charge in [-0.2, -0.15) is 0 Å². The predicted octanol–water partition coefficient (Wildman–Crippen LogP) is 3.51. The molecule has 7 heteroatoms. The number of aliphatic hydroxyl groups is 1. The lowest BCUT2D eigenvalue weighted by Crippen LogP contribution is -2.49. The number of ether oxygens (including phenoxy) is 1. The molecule has 0 aliphatic heterocycles. The van der Waals surface area contributed by atoms with Crippen LogP contribution in [-0.2, 0) is 4.74 Å². The lowest BCUT2D eigenvalue weighted by Gasteiger charge is -2.40. The normalized spacial score (nSPS) is 15.1. The summed E-state index contributed by atoms with van der Waals surface area (Å²) in [6, 6.07) is 17.3. The minimum absolute atomic E-state index is 0.208. The summed E-state index contributed by atoms with van der Waals surface area (Å²) in [4.78, 5) is 29.5. The number of hydrogen-bond donors (Lipinski definition) is 3. The maximum atomic E-state index is 12.8. The third-order valence-electron chi connectivity index (χ3n) is 6.47. The van der Waals surface area contributed by atoms with Crippen molar-refractivity contribution in [3.05, 3.63) is 89.7 Å². The van der Waals surface area contributed by atoms with Crippen LogP contribution in [0.1, 0.15) is 51.6 Å². The van der Waals surface area contributed by atoms with Gasteiger partial charge in [-0.05, 0) is 72.4 Å². The minimum atomic E-state index is -0.642. The molecule has 0 saturated heterocycles. The molecule has 1 aromatic heterocycles. The van der Waals surface area contributed by atoms with Gasteiger partial charge in [-0.3, -0.25) is 14.6 Å². The van der Waals surface area contributed by atoms with Gasteiger partial charge in [-0.15, -0.1) is 0 Å². The highest BCUT2D eigenvalue weighted by Gasteiger charge is 2.37. The zero-order chi connectivity index (χ0) is 24.0. The SMILES string of the molecule is COC1(CNC(=O)c2cccc([C@@H](CO)NC(=O)c3ccc(-c4ccncc4)cc3)c2)CCC1. The van der Waals surface area contributed by atoms with Gasteiger partial charge < -0.3 is 20.5 Å². The van der Waals surface area contributed by atoms with Crippen LogP contribution in [0.4, 0.5) is 0 Å². The first kappa shape index (κ1) is 23.6. The number of carbonyl (C=O) groups excluding carboxylic acids is 2. The molecule has 1 aliphatic carbocycles. The van der Waals surface area contributed by atoms with Crippen molar-refractivity contribution >= 4 is 11.8 Å². The summed E-state index contributed by atoms with van der Waals surface area (Å²) in [7, 11) is 1.67. The van der Waals surface area contributed by atoms with Crippen molar-refractivity contribution in [2.45, 2.75) is 30.9 Å². The number of nitrogens with zero attached hydrogens (tertiary/aromatic N) is 1. The van der Waals surface area contributed by atoms with E-state index in [1.165, 1.54) is 0 Å². The predicted molar refractivity (Wildman–Crippen MR) is 129 cm³/mol. The van der Waals surface area contributed by atoms with E-state index in [0.717, 1.165) is 30.4 Å². The summed E-state index contributed by atoms with van der Waals surface area (Å²) in [6.45, 7) is 0.168. The Kier molecular flexibility index (Phi) is 7.35. The monoisotopic (exact) mass is 459 g/mol. The number of rotatable bonds is 9. The van der Waals surface area contributed by atoms with Crippen molar-refractivity contribution in [1.29, 1.82) is 0 Å². The van der Waals surface area contributed by atoms with Crippen LogP contribution in [0.5, 0.6) is 0 Å². The third-order valence-corrected chi connectivity index (χ3v) is 6.47. The molecule has 4 rings (SSSR count). The Morgan fingerprint density at radius 1 is 1.00 bits per heavy atom. The summed E-state index contributed by atoms with van der Waals surface area (Å²) in [5, 5.41) is 15.7. The maximum Gasteiger partial charge on any atom is 0.251 e. The molecule has 0 radical (unpaired) electrons. The van der Waals surface area contributed by atoms with E-state index < -0.39 is 6.04 Å². The van der Waals surface area contributed by atoms with Gasteiger partial charge in [0.15, 0.2) is 0 Å². The maximum absolute atomic E-state index is 12.8. The highest BCUT2D eigenvalue weighted by molar-refractivity contribution is 5.95. The van der Waals surface area contributed by atoms with Gasteiger partial charge in [0.1, 0.15) is 0 Å². The van der Waals surface area contributed by atoms with Crippen molar-refractivity contribution in [2.24, 2.45) is 0 Å². The molecule has 7 nitrogen and oxygen atoms in total. The van der Waals surface area contributed by atoms with Crippen LogP contribution in [0.3, 0.4) is 0 Å². The second-order valence-corrected chi connectivity index (χ2v) is 8.57. The van der Waals surface area contributed by atoms with Crippen LogP contribution in [-0.4, -0.2) is 47.8 Å². The lowest BCUT2D eigenvalue weighted by atomic mass is 9.80. The highest BCUT2D eigenvalue weighted by atomic mass is 16.5. The van der Waals surface area contributed by atoms with E-state index in [-0.39, 0.29) is 24.0 Å². The molecule has 0 unspecified atom stereocenters. The molecule has 1 saturated carbocycles. The van der Waals surface area contributed by atoms with Gasteiger partial charge in [0.2, 0.25) is 0 Å². The fourth-order valence-corrected chi connectivity index (χ4v) is 4.10. The van der Waals surface area contributed by atoms with Crippen LogP contribution in [0, 0.1) is 0 Å². The number of amides is 2. The average Bonchev–Trinajstić information content (AvgIpc) is 2.87. The van der Waals surface area contributed by atoms with Gasteiger partial charge in [-0.25, -0.2) is 0 Å². The Bertz CT molecular complexity index is 1120. The quantitative estimate of drug-likeness (QED) is 0.455. The molecule has 3 aromatic rings. The number of methoxy groups -OCH3 is 1. The molecule has 34 heavy (non-hydrogen) atoms. The van der Waals surface area contributed by atoms with Crippen molar-refractivity contribution in [3.8, 4) is 11.1 Å². The fourth-order valence-electron chi connectivity index (χ4n) is 4.10. The van der Waals surface area contributed by atoms with E-state index in [0.29, 0.717) is 23.2 Å². The van der Waals surface area contributed by atoms with Gasteiger partial charge in [-0.1, -0.05) is 24.3 Å². The number of nitrogens with one attached hydrogen (secondary N) is 2. The number of pyridine rings is 1. The summed E-state index contributed by atoms with van der Waals surface area (Å²) < 4.78 is 5.56. The first-order chi connectivity index (χ1) is 16.5. The topological polar surface area (TPSA) is 101 Å². The standard InChI is InChI=1S/C27H29N3O4/c1-34-27(12-3-13-27)18-29-25(32)23-5-2-4-22(16-23)24(17-31)30-26(33)21-8-6-19(7-9-21)20-10-14-28-15-11-20/h2,4-11,14-16,24,31H,3,12-13,17-18H2,1H3,(H,29,32)(H,30,33)/t24-/m1/s1. The van der Waals surface area contributed by atoms with Gasteiger partial charge in [0, 0.05) is 37.2 Å². The molecule has 2 amide bonds. The number of aromatic nitrogens is 1. The van der Waals surface area contributed by atoms with Crippen molar-refractivity contribution in [1.82, 2.24) is 15.6 Å². The van der Waals surface area contributed by atoms with Gasteiger partial charge in [0.05, 0.1) is 18.2 Å². The second kappa shape index (κ2) is 10.6. The summed E-state index contributed by atoms with van der Waals surface area (Å²) in [5.74, 6) is -0.512. The molecule has 0 spiro atoms. The summed E-state index contributed by atoms with van der Waals surface area (Å²) in [6.07, 6.45) is 6.42. The Hall–Kier alpha value is -3.55. The largest absolute Gasteiger partial charge is 0.394 e. The molecule has 176 valence electrons. The zero-order valence-electron chi connectivity index (χ0n) is 19.2. The Labute approximate surface area is 199 Å². The third kappa shape index (κ3) is 5.32. The Morgan fingerprint density at radius 2 is 1.71 bits per heavy atom. The fraction of sp³-hybridized carbons (Fsp3) is 0.296. The smallest absolute Gasteiger partial charge is 0.251 e. The van der Waals surface area contributed by atoms with Gasteiger partial charge in [0.25, 0.3) is 11.8 Å². The molecule has 1 atom stereocenters.